The van der Waals surface area contributed by atoms with Gasteiger partial charge in [-0.1, -0.05) is 6.07 Å². The van der Waals surface area contributed by atoms with Gasteiger partial charge in [0.2, 0.25) is 5.65 Å². The SMILES string of the molecule is COc1cccc(OC)c1Nc1nccn2nnnc12. The van der Waals surface area contributed by atoms with Crippen molar-refractivity contribution in [2.75, 3.05) is 19.5 Å². The van der Waals surface area contributed by atoms with Crippen molar-refractivity contribution in [2.24, 2.45) is 0 Å². The second kappa shape index (κ2) is 5.00. The third-order valence-electron chi connectivity index (χ3n) is 2.79. The Morgan fingerprint density at radius 1 is 1.15 bits per heavy atom. The average Bonchev–Trinajstić information content (AvgIpc) is 2.97. The van der Waals surface area contributed by atoms with E-state index >= 15 is 0 Å². The summed E-state index contributed by atoms with van der Waals surface area (Å²) in [7, 11) is 3.18. The molecule has 0 saturated carbocycles. The molecule has 20 heavy (non-hydrogen) atoms. The van der Waals surface area contributed by atoms with Crippen LogP contribution in [0, 0.1) is 0 Å². The fourth-order valence-electron chi connectivity index (χ4n) is 1.86. The molecular weight excluding hydrogens is 260 g/mol. The normalized spacial score (nSPS) is 10.5. The first-order valence-electron chi connectivity index (χ1n) is 5.84. The number of methoxy groups -OCH3 is 2. The maximum Gasteiger partial charge on any atom is 0.222 e. The van der Waals surface area contributed by atoms with Gasteiger partial charge in [-0.3, -0.25) is 0 Å². The van der Waals surface area contributed by atoms with Gasteiger partial charge in [0, 0.05) is 6.20 Å². The molecule has 0 aliphatic carbocycles. The Bertz CT molecular complexity index is 719. The van der Waals surface area contributed by atoms with E-state index in [1.807, 2.05) is 18.2 Å². The Morgan fingerprint density at radius 2 is 1.90 bits per heavy atom. The molecule has 0 amide bonds. The second-order valence-electron chi connectivity index (χ2n) is 3.89. The van der Waals surface area contributed by atoms with Crippen LogP contribution < -0.4 is 14.8 Å². The molecule has 0 radical (unpaired) electrons. The molecule has 1 N–H and O–H groups in total. The van der Waals surface area contributed by atoms with E-state index in [0.29, 0.717) is 28.7 Å². The van der Waals surface area contributed by atoms with E-state index in [-0.39, 0.29) is 0 Å². The van der Waals surface area contributed by atoms with Crippen molar-refractivity contribution in [3.05, 3.63) is 30.6 Å². The lowest BCUT2D eigenvalue weighted by atomic mass is 10.2. The lowest BCUT2D eigenvalue weighted by molar-refractivity contribution is 0.398. The quantitative estimate of drug-likeness (QED) is 0.765. The van der Waals surface area contributed by atoms with E-state index in [1.165, 1.54) is 4.52 Å². The number of hydrogen-bond donors (Lipinski definition) is 1. The van der Waals surface area contributed by atoms with Crippen LogP contribution in [0.5, 0.6) is 11.5 Å². The molecule has 0 unspecified atom stereocenters. The van der Waals surface area contributed by atoms with Crippen molar-refractivity contribution in [3.63, 3.8) is 0 Å². The standard InChI is InChI=1S/C12H12N6O2/c1-19-8-4-3-5-9(20-2)10(8)14-11-12-15-16-17-18(12)7-6-13-11/h3-7H,1-2H3,(H,13,14). The Hall–Kier alpha value is -2.90. The van der Waals surface area contributed by atoms with Crippen molar-refractivity contribution in [1.82, 2.24) is 25.0 Å². The number of ether oxygens (including phenoxy) is 2. The number of nitrogens with one attached hydrogen (secondary N) is 1. The van der Waals surface area contributed by atoms with E-state index in [1.54, 1.807) is 26.6 Å². The third-order valence-corrected chi connectivity index (χ3v) is 2.79. The summed E-state index contributed by atoms with van der Waals surface area (Å²) in [5, 5.41) is 14.5. The minimum absolute atomic E-state index is 0.514. The van der Waals surface area contributed by atoms with Gasteiger partial charge in [-0.05, 0) is 22.6 Å². The molecule has 8 nitrogen and oxygen atoms in total. The number of para-hydroxylation sites is 1. The zero-order chi connectivity index (χ0) is 13.9. The summed E-state index contributed by atoms with van der Waals surface area (Å²) < 4.78 is 12.2. The fraction of sp³-hybridized carbons (Fsp3) is 0.167. The largest absolute Gasteiger partial charge is 0.494 e. The fourth-order valence-corrected chi connectivity index (χ4v) is 1.86. The van der Waals surface area contributed by atoms with Gasteiger partial charge < -0.3 is 14.8 Å². The van der Waals surface area contributed by atoms with Crippen LogP contribution in [0.4, 0.5) is 11.5 Å². The van der Waals surface area contributed by atoms with Gasteiger partial charge in [0.1, 0.15) is 17.2 Å². The highest BCUT2D eigenvalue weighted by molar-refractivity contribution is 5.76. The maximum atomic E-state index is 5.32. The molecule has 0 fully saturated rings. The Kier molecular flexibility index (Phi) is 3.04. The van der Waals surface area contributed by atoms with Crippen LogP contribution in [0.2, 0.25) is 0 Å². The number of anilines is 2. The Morgan fingerprint density at radius 3 is 2.60 bits per heavy atom. The zero-order valence-electron chi connectivity index (χ0n) is 10.9. The first-order chi connectivity index (χ1) is 9.83. The molecule has 2 aromatic heterocycles. The number of rotatable bonds is 4. The summed E-state index contributed by atoms with van der Waals surface area (Å²) in [5.74, 6) is 1.79. The lowest BCUT2D eigenvalue weighted by Crippen LogP contribution is -2.02. The summed E-state index contributed by atoms with van der Waals surface area (Å²) in [4.78, 5) is 4.24. The van der Waals surface area contributed by atoms with Crippen molar-refractivity contribution in [2.45, 2.75) is 0 Å². The molecule has 8 heteroatoms. The van der Waals surface area contributed by atoms with Gasteiger partial charge in [0.05, 0.1) is 20.4 Å². The number of nitrogens with zero attached hydrogens (tertiary/aromatic N) is 5. The molecule has 3 aromatic rings. The van der Waals surface area contributed by atoms with Gasteiger partial charge >= 0.3 is 0 Å². The molecule has 0 atom stereocenters. The summed E-state index contributed by atoms with van der Waals surface area (Å²) in [5.41, 5.74) is 1.18. The van der Waals surface area contributed by atoms with Crippen LogP contribution in [0.15, 0.2) is 30.6 Å². The summed E-state index contributed by atoms with van der Waals surface area (Å²) in [6, 6.07) is 5.50. The van der Waals surface area contributed by atoms with Crippen molar-refractivity contribution in [1.29, 1.82) is 0 Å². The number of fused-ring (bicyclic) bond motifs is 1. The van der Waals surface area contributed by atoms with Crippen LogP contribution in [-0.2, 0) is 0 Å². The number of tetrazole rings is 1. The summed E-state index contributed by atoms with van der Waals surface area (Å²) in [6.45, 7) is 0. The molecule has 102 valence electrons. The van der Waals surface area contributed by atoms with Crippen LogP contribution >= 0.6 is 0 Å². The first-order valence-corrected chi connectivity index (χ1v) is 5.84. The average molecular weight is 272 g/mol. The maximum absolute atomic E-state index is 5.32. The zero-order valence-corrected chi connectivity index (χ0v) is 10.9. The Labute approximate surface area is 114 Å². The van der Waals surface area contributed by atoms with Gasteiger partial charge in [0.15, 0.2) is 5.82 Å². The van der Waals surface area contributed by atoms with Crippen molar-refractivity contribution >= 4 is 17.2 Å². The first kappa shape index (κ1) is 12.2. The Balaban J connectivity index is 2.09. The smallest absolute Gasteiger partial charge is 0.222 e. The topological polar surface area (TPSA) is 86.5 Å². The molecule has 1 aromatic carbocycles. The predicted octanol–water partition coefficient (Wildman–Crippen LogP) is 1.28. The van der Waals surface area contributed by atoms with Crippen molar-refractivity contribution in [3.8, 4) is 11.5 Å². The monoisotopic (exact) mass is 272 g/mol. The molecule has 3 rings (SSSR count). The van der Waals surface area contributed by atoms with E-state index in [4.69, 9.17) is 9.47 Å². The number of benzene rings is 1. The van der Waals surface area contributed by atoms with Crippen LogP contribution in [0.25, 0.3) is 5.65 Å². The van der Waals surface area contributed by atoms with Crippen molar-refractivity contribution < 1.29 is 9.47 Å². The molecule has 0 aliphatic rings. The van der Waals surface area contributed by atoms with Crippen LogP contribution in [0.1, 0.15) is 0 Å². The van der Waals surface area contributed by atoms with Gasteiger partial charge in [-0.25, -0.2) is 4.98 Å². The highest BCUT2D eigenvalue weighted by atomic mass is 16.5. The molecular formula is C12H12N6O2. The molecule has 0 saturated heterocycles. The molecule has 0 spiro atoms. The third kappa shape index (κ3) is 1.96. The van der Waals surface area contributed by atoms with Gasteiger partial charge in [0.25, 0.3) is 0 Å². The molecule has 0 aliphatic heterocycles. The van der Waals surface area contributed by atoms with E-state index in [0.717, 1.165) is 0 Å². The van der Waals surface area contributed by atoms with Gasteiger partial charge in [-0.15, -0.1) is 5.10 Å². The van der Waals surface area contributed by atoms with Gasteiger partial charge in [-0.2, -0.15) is 4.52 Å². The number of aromatic nitrogens is 5. The minimum atomic E-state index is 0.514. The van der Waals surface area contributed by atoms with E-state index < -0.39 is 0 Å². The summed E-state index contributed by atoms with van der Waals surface area (Å²) in [6.07, 6.45) is 3.27. The minimum Gasteiger partial charge on any atom is -0.494 e. The lowest BCUT2D eigenvalue weighted by Gasteiger charge is -2.14. The summed E-state index contributed by atoms with van der Waals surface area (Å²) >= 11 is 0. The van der Waals surface area contributed by atoms with Crippen LogP contribution in [0.3, 0.4) is 0 Å². The van der Waals surface area contributed by atoms with E-state index in [9.17, 15) is 0 Å². The van der Waals surface area contributed by atoms with E-state index in [2.05, 4.69) is 25.8 Å². The highest BCUT2D eigenvalue weighted by Crippen LogP contribution is 2.36. The number of hydrogen-bond acceptors (Lipinski definition) is 7. The predicted molar refractivity (Wildman–Crippen MR) is 71.4 cm³/mol. The molecule has 0 bridgehead atoms. The molecule has 2 heterocycles. The van der Waals surface area contributed by atoms with Crippen LogP contribution in [-0.4, -0.2) is 39.2 Å². The highest BCUT2D eigenvalue weighted by Gasteiger charge is 2.13. The second-order valence-corrected chi connectivity index (χ2v) is 3.89.